The molecule has 4 rings (SSSR count). The van der Waals surface area contributed by atoms with Gasteiger partial charge in [-0.15, -0.1) is 5.10 Å². The maximum atomic E-state index is 12.8. The minimum absolute atomic E-state index is 0.0282. The second-order valence-electron chi connectivity index (χ2n) is 7.02. The van der Waals surface area contributed by atoms with Gasteiger partial charge >= 0.3 is 0 Å². The summed E-state index contributed by atoms with van der Waals surface area (Å²) in [5.41, 5.74) is 4.42. The molecule has 0 bridgehead atoms. The van der Waals surface area contributed by atoms with Crippen LogP contribution in [0.25, 0.3) is 5.69 Å². The summed E-state index contributed by atoms with van der Waals surface area (Å²) >= 11 is 1.30. The van der Waals surface area contributed by atoms with Crippen LogP contribution in [-0.4, -0.2) is 44.2 Å². The maximum Gasteiger partial charge on any atom is 0.227 e. The van der Waals surface area contributed by atoms with E-state index in [4.69, 9.17) is 0 Å². The Morgan fingerprint density at radius 2 is 1.90 bits per heavy atom. The Morgan fingerprint density at radius 3 is 2.62 bits per heavy atom. The fourth-order valence-corrected chi connectivity index (χ4v) is 4.30. The summed E-state index contributed by atoms with van der Waals surface area (Å²) in [4.78, 5) is 26.5. The number of aryl methyl sites for hydroxylation is 2. The molecule has 1 aliphatic rings. The smallest absolute Gasteiger partial charge is 0.227 e. The molecule has 8 heteroatoms. The molecule has 0 N–H and O–H groups in total. The first-order valence-electron chi connectivity index (χ1n) is 9.46. The van der Waals surface area contributed by atoms with Crippen molar-refractivity contribution in [2.45, 2.75) is 31.8 Å². The fourth-order valence-electron chi connectivity index (χ4n) is 3.53. The number of hydrogen-bond donors (Lipinski definition) is 0. The second kappa shape index (κ2) is 8.16. The van der Waals surface area contributed by atoms with Crippen molar-refractivity contribution < 1.29 is 9.59 Å². The van der Waals surface area contributed by atoms with Crippen LogP contribution in [0.2, 0.25) is 0 Å². The number of amides is 1. The van der Waals surface area contributed by atoms with Crippen LogP contribution in [0, 0.1) is 13.8 Å². The lowest BCUT2D eigenvalue weighted by Crippen LogP contribution is -2.23. The van der Waals surface area contributed by atoms with Gasteiger partial charge in [-0.25, -0.2) is 0 Å². The number of Topliss-reactive ketones (excluding diaryl/α,β-unsaturated/α-hetero) is 1. The number of aromatic nitrogens is 4. The molecule has 0 saturated carbocycles. The number of carbonyl (C=O) groups is 2. The van der Waals surface area contributed by atoms with E-state index in [9.17, 15) is 9.59 Å². The van der Waals surface area contributed by atoms with E-state index in [2.05, 4.69) is 15.5 Å². The molecule has 3 aromatic rings. The van der Waals surface area contributed by atoms with Crippen molar-refractivity contribution >= 4 is 29.1 Å². The van der Waals surface area contributed by atoms with E-state index in [1.54, 1.807) is 21.7 Å². The maximum absolute atomic E-state index is 12.8. The Kier molecular flexibility index (Phi) is 5.44. The molecule has 29 heavy (non-hydrogen) atoms. The summed E-state index contributed by atoms with van der Waals surface area (Å²) in [5.74, 6) is 0.291. The predicted octanol–water partition coefficient (Wildman–Crippen LogP) is 3.38. The average molecular weight is 407 g/mol. The Labute approximate surface area is 173 Å². The Hall–Kier alpha value is -3.00. The predicted molar refractivity (Wildman–Crippen MR) is 112 cm³/mol. The number of tetrazole rings is 1. The Balaban J connectivity index is 1.50. The number of carbonyl (C=O) groups excluding carboxylic acids is 2. The van der Waals surface area contributed by atoms with E-state index < -0.39 is 0 Å². The van der Waals surface area contributed by atoms with Crippen LogP contribution in [0.15, 0.2) is 47.6 Å². The number of para-hydroxylation sites is 1. The monoisotopic (exact) mass is 407 g/mol. The van der Waals surface area contributed by atoms with Crippen LogP contribution in [0.4, 0.5) is 5.69 Å². The minimum Gasteiger partial charge on any atom is -0.312 e. The third-order valence-corrected chi connectivity index (χ3v) is 5.90. The summed E-state index contributed by atoms with van der Waals surface area (Å²) in [6.45, 7) is 4.72. The summed E-state index contributed by atoms with van der Waals surface area (Å²) in [6.07, 6.45) is 1.42. The molecule has 1 aromatic heterocycles. The average Bonchev–Trinajstić information content (AvgIpc) is 3.35. The normalized spacial score (nSPS) is 13.9. The third kappa shape index (κ3) is 3.93. The van der Waals surface area contributed by atoms with E-state index in [1.165, 1.54) is 11.8 Å². The van der Waals surface area contributed by atoms with Crippen molar-refractivity contribution in [3.05, 3.63) is 59.2 Å². The SMILES string of the molecule is Cc1cccc(C)c1-n1nnnc1SCC(=O)c1cccc(N2CCCC2=O)c1. The lowest BCUT2D eigenvalue weighted by atomic mass is 10.1. The zero-order chi connectivity index (χ0) is 20.4. The van der Waals surface area contributed by atoms with E-state index in [0.717, 1.165) is 28.9 Å². The first kappa shape index (κ1) is 19.3. The lowest BCUT2D eigenvalue weighted by molar-refractivity contribution is -0.117. The first-order chi connectivity index (χ1) is 14.0. The van der Waals surface area contributed by atoms with Gasteiger partial charge in [0.05, 0.1) is 11.4 Å². The summed E-state index contributed by atoms with van der Waals surface area (Å²) < 4.78 is 1.68. The van der Waals surface area contributed by atoms with Crippen molar-refractivity contribution in [1.82, 2.24) is 20.2 Å². The number of rotatable bonds is 6. The van der Waals surface area contributed by atoms with Gasteiger partial charge in [0.15, 0.2) is 5.78 Å². The van der Waals surface area contributed by atoms with Crippen molar-refractivity contribution in [2.75, 3.05) is 17.2 Å². The molecule has 148 valence electrons. The molecule has 2 aromatic carbocycles. The molecule has 0 atom stereocenters. The summed E-state index contributed by atoms with van der Waals surface area (Å²) in [7, 11) is 0. The van der Waals surface area contributed by atoms with Gasteiger partial charge in [0.2, 0.25) is 11.1 Å². The molecular formula is C21H21N5O2S. The summed E-state index contributed by atoms with van der Waals surface area (Å²) in [5, 5.41) is 12.6. The van der Waals surface area contributed by atoms with E-state index in [0.29, 0.717) is 23.7 Å². The minimum atomic E-state index is -0.0282. The highest BCUT2D eigenvalue weighted by Crippen LogP contribution is 2.26. The van der Waals surface area contributed by atoms with Gasteiger partial charge in [0, 0.05) is 24.2 Å². The molecule has 1 fully saturated rings. The van der Waals surface area contributed by atoms with Crippen molar-refractivity contribution in [3.63, 3.8) is 0 Å². The zero-order valence-corrected chi connectivity index (χ0v) is 17.1. The molecule has 2 heterocycles. The molecule has 1 amide bonds. The molecule has 1 saturated heterocycles. The molecule has 0 unspecified atom stereocenters. The van der Waals surface area contributed by atoms with Gasteiger partial charge in [-0.05, 0) is 54.0 Å². The van der Waals surface area contributed by atoms with Crippen molar-refractivity contribution in [2.24, 2.45) is 0 Å². The fraction of sp³-hybridized carbons (Fsp3) is 0.286. The number of benzene rings is 2. The van der Waals surface area contributed by atoms with Crippen LogP contribution < -0.4 is 4.90 Å². The molecule has 7 nitrogen and oxygen atoms in total. The Bertz CT molecular complexity index is 1060. The van der Waals surface area contributed by atoms with Gasteiger partial charge in [-0.3, -0.25) is 9.59 Å². The first-order valence-corrected chi connectivity index (χ1v) is 10.4. The quantitative estimate of drug-likeness (QED) is 0.460. The van der Waals surface area contributed by atoms with Crippen LogP contribution in [-0.2, 0) is 4.79 Å². The second-order valence-corrected chi connectivity index (χ2v) is 7.97. The van der Waals surface area contributed by atoms with Gasteiger partial charge in [-0.2, -0.15) is 4.68 Å². The number of ketones is 1. The molecule has 0 aliphatic carbocycles. The van der Waals surface area contributed by atoms with Crippen LogP contribution in [0.5, 0.6) is 0 Å². The van der Waals surface area contributed by atoms with Crippen LogP contribution in [0.3, 0.4) is 0 Å². The highest BCUT2D eigenvalue weighted by atomic mass is 32.2. The number of nitrogens with zero attached hydrogens (tertiary/aromatic N) is 5. The molecular weight excluding hydrogens is 386 g/mol. The van der Waals surface area contributed by atoms with Crippen LogP contribution in [0.1, 0.15) is 34.3 Å². The number of anilines is 1. The van der Waals surface area contributed by atoms with Gasteiger partial charge in [-0.1, -0.05) is 42.1 Å². The third-order valence-electron chi connectivity index (χ3n) is 4.98. The highest BCUT2D eigenvalue weighted by molar-refractivity contribution is 7.99. The van der Waals surface area contributed by atoms with Gasteiger partial charge in [0.1, 0.15) is 0 Å². The zero-order valence-electron chi connectivity index (χ0n) is 16.3. The number of hydrogen-bond acceptors (Lipinski definition) is 6. The van der Waals surface area contributed by atoms with Crippen molar-refractivity contribution in [3.8, 4) is 5.69 Å². The van der Waals surface area contributed by atoms with Crippen LogP contribution >= 0.6 is 11.8 Å². The molecule has 0 radical (unpaired) electrons. The van der Waals surface area contributed by atoms with Gasteiger partial charge < -0.3 is 4.90 Å². The summed E-state index contributed by atoms with van der Waals surface area (Å²) in [6, 6.07) is 13.3. The molecule has 0 spiro atoms. The highest BCUT2D eigenvalue weighted by Gasteiger charge is 2.22. The Morgan fingerprint density at radius 1 is 1.14 bits per heavy atom. The standard InChI is InChI=1S/C21H21N5O2S/c1-14-6-3-7-15(2)20(14)26-21(22-23-24-26)29-13-18(27)16-8-4-9-17(12-16)25-11-5-10-19(25)28/h3-4,6-9,12H,5,10-11,13H2,1-2H3. The lowest BCUT2D eigenvalue weighted by Gasteiger charge is -2.16. The topological polar surface area (TPSA) is 81.0 Å². The van der Waals surface area contributed by atoms with E-state index in [-0.39, 0.29) is 17.4 Å². The number of thioether (sulfide) groups is 1. The van der Waals surface area contributed by atoms with E-state index >= 15 is 0 Å². The van der Waals surface area contributed by atoms with Crippen molar-refractivity contribution in [1.29, 1.82) is 0 Å². The van der Waals surface area contributed by atoms with E-state index in [1.807, 2.05) is 44.2 Å². The molecule has 1 aliphatic heterocycles. The van der Waals surface area contributed by atoms with Gasteiger partial charge in [0.25, 0.3) is 0 Å². The largest absolute Gasteiger partial charge is 0.312 e.